The molecule has 0 atom stereocenters. The van der Waals surface area contributed by atoms with Crippen LogP contribution in [0.3, 0.4) is 0 Å². The Balaban J connectivity index is 1.27. The third-order valence-electron chi connectivity index (χ3n) is 6.27. The maximum Gasteiger partial charge on any atom is 0.258 e. The second-order valence-corrected chi connectivity index (χ2v) is 9.81. The van der Waals surface area contributed by atoms with Gasteiger partial charge in [-0.25, -0.2) is 9.97 Å². The summed E-state index contributed by atoms with van der Waals surface area (Å²) in [6.45, 7) is 4.58. The van der Waals surface area contributed by atoms with Crippen molar-refractivity contribution < 1.29 is 9.21 Å². The number of carbonyl (C=O) groups is 1. The van der Waals surface area contributed by atoms with Gasteiger partial charge in [-0.15, -0.1) is 11.3 Å². The number of benzene rings is 1. The Hall–Kier alpha value is -3.82. The van der Waals surface area contributed by atoms with Crippen LogP contribution in [-0.2, 0) is 26.6 Å². The number of anilines is 1. The van der Waals surface area contributed by atoms with E-state index in [1.165, 1.54) is 10.4 Å². The zero-order chi connectivity index (χ0) is 23.9. The van der Waals surface area contributed by atoms with Crippen molar-refractivity contribution in [2.24, 2.45) is 7.05 Å². The van der Waals surface area contributed by atoms with Gasteiger partial charge in [-0.3, -0.25) is 19.7 Å². The van der Waals surface area contributed by atoms with E-state index in [0.717, 1.165) is 42.8 Å². The zero-order valence-electron chi connectivity index (χ0n) is 19.5. The maximum absolute atomic E-state index is 13.5. The minimum atomic E-state index is -0.228. The molecule has 0 fully saturated rings. The number of nitrogens with one attached hydrogen (secondary N) is 1. The van der Waals surface area contributed by atoms with E-state index in [1.807, 2.05) is 26.1 Å². The van der Waals surface area contributed by atoms with Gasteiger partial charge in [0.1, 0.15) is 5.69 Å². The van der Waals surface area contributed by atoms with E-state index < -0.39 is 0 Å². The fourth-order valence-corrected chi connectivity index (χ4v) is 5.66. The molecule has 5 heterocycles. The van der Waals surface area contributed by atoms with E-state index in [1.54, 1.807) is 34.4 Å². The largest absolute Gasteiger partial charge is 0.463 e. The molecule has 176 valence electrons. The average molecular weight is 485 g/mol. The number of amides is 1. The molecule has 0 saturated carbocycles. The van der Waals surface area contributed by atoms with Crippen LogP contribution in [0.15, 0.2) is 59.2 Å². The number of pyridine rings is 1. The quantitative estimate of drug-likeness (QED) is 0.385. The highest BCUT2D eigenvalue weighted by Gasteiger charge is 2.24. The van der Waals surface area contributed by atoms with Crippen LogP contribution in [0.2, 0.25) is 0 Å². The highest BCUT2D eigenvalue weighted by molar-refractivity contribution is 7.15. The lowest BCUT2D eigenvalue weighted by molar-refractivity contribution is 0.102. The van der Waals surface area contributed by atoms with Gasteiger partial charge in [0.2, 0.25) is 0 Å². The number of aromatic nitrogens is 4. The Kier molecular flexibility index (Phi) is 5.43. The third-order valence-corrected chi connectivity index (χ3v) is 7.26. The molecule has 0 aliphatic carbocycles. The van der Waals surface area contributed by atoms with Gasteiger partial charge < -0.3 is 4.42 Å². The molecule has 5 aromatic rings. The number of carbonyl (C=O) groups excluding carboxylic acids is 1. The lowest BCUT2D eigenvalue weighted by Crippen LogP contribution is -2.29. The Labute approximate surface area is 206 Å². The summed E-state index contributed by atoms with van der Waals surface area (Å²) in [6.07, 6.45) is 2.47. The first-order valence-electron chi connectivity index (χ1n) is 11.5. The SMILES string of the molecule is Cc1nn(C)c2nc(-c3ccco3)cc(C(=O)Nc3nc4c(s3)CN(Cc3ccccc3)CC4)c12. The molecule has 1 aliphatic rings. The van der Waals surface area contributed by atoms with Crippen LogP contribution >= 0.6 is 11.3 Å². The first-order valence-corrected chi connectivity index (χ1v) is 12.3. The molecule has 35 heavy (non-hydrogen) atoms. The summed E-state index contributed by atoms with van der Waals surface area (Å²) < 4.78 is 7.23. The number of nitrogens with zero attached hydrogens (tertiary/aromatic N) is 5. The monoisotopic (exact) mass is 484 g/mol. The molecule has 1 N–H and O–H groups in total. The topological polar surface area (TPSA) is 89.1 Å². The van der Waals surface area contributed by atoms with E-state index in [-0.39, 0.29) is 5.91 Å². The van der Waals surface area contributed by atoms with Crippen LogP contribution < -0.4 is 5.32 Å². The van der Waals surface area contributed by atoms with Gasteiger partial charge in [0.25, 0.3) is 5.91 Å². The van der Waals surface area contributed by atoms with Gasteiger partial charge >= 0.3 is 0 Å². The molecule has 1 aromatic carbocycles. The van der Waals surface area contributed by atoms with Crippen molar-refractivity contribution in [2.75, 3.05) is 11.9 Å². The van der Waals surface area contributed by atoms with Crippen LogP contribution in [0.5, 0.6) is 0 Å². The van der Waals surface area contributed by atoms with Gasteiger partial charge in [0, 0.05) is 38.0 Å². The van der Waals surface area contributed by atoms with Gasteiger partial charge in [-0.05, 0) is 30.7 Å². The van der Waals surface area contributed by atoms with E-state index in [4.69, 9.17) is 14.4 Å². The number of furan rings is 1. The third kappa shape index (κ3) is 4.13. The second kappa shape index (κ2) is 8.75. The number of aryl methyl sites for hydroxylation is 2. The van der Waals surface area contributed by atoms with Gasteiger partial charge in [0.05, 0.1) is 28.6 Å². The summed E-state index contributed by atoms with van der Waals surface area (Å²) in [4.78, 5) is 26.5. The van der Waals surface area contributed by atoms with E-state index in [2.05, 4.69) is 39.6 Å². The lowest BCUT2D eigenvalue weighted by Gasteiger charge is -2.25. The summed E-state index contributed by atoms with van der Waals surface area (Å²) in [5, 5.41) is 8.87. The first kappa shape index (κ1) is 21.7. The molecule has 0 spiro atoms. The summed E-state index contributed by atoms with van der Waals surface area (Å²) >= 11 is 1.55. The Morgan fingerprint density at radius 3 is 2.83 bits per heavy atom. The average Bonchev–Trinajstić information content (AvgIpc) is 3.59. The lowest BCUT2D eigenvalue weighted by atomic mass is 10.1. The van der Waals surface area contributed by atoms with Crippen LogP contribution in [0.1, 0.15) is 32.2 Å². The number of fused-ring (bicyclic) bond motifs is 2. The smallest absolute Gasteiger partial charge is 0.258 e. The Morgan fingerprint density at radius 2 is 2.03 bits per heavy atom. The fourth-order valence-electron chi connectivity index (χ4n) is 4.62. The van der Waals surface area contributed by atoms with Gasteiger partial charge in [-0.2, -0.15) is 5.10 Å². The maximum atomic E-state index is 13.5. The van der Waals surface area contributed by atoms with Crippen LogP contribution in [0, 0.1) is 6.92 Å². The Morgan fingerprint density at radius 1 is 1.17 bits per heavy atom. The van der Waals surface area contributed by atoms with Crippen molar-refractivity contribution in [3.63, 3.8) is 0 Å². The molecule has 9 heteroatoms. The van der Waals surface area contributed by atoms with Crippen LogP contribution in [0.4, 0.5) is 5.13 Å². The molecule has 6 rings (SSSR count). The van der Waals surface area contributed by atoms with Crippen molar-refractivity contribution in [1.82, 2.24) is 24.6 Å². The van der Waals surface area contributed by atoms with E-state index in [9.17, 15) is 4.79 Å². The molecule has 0 saturated heterocycles. The number of thiazole rings is 1. The van der Waals surface area contributed by atoms with Crippen molar-refractivity contribution in [1.29, 1.82) is 0 Å². The molecule has 1 amide bonds. The summed E-state index contributed by atoms with van der Waals surface area (Å²) in [7, 11) is 1.83. The van der Waals surface area contributed by atoms with E-state index >= 15 is 0 Å². The fraction of sp³-hybridized carbons (Fsp3) is 0.231. The standard InChI is InChI=1S/C26H24N6O2S/c1-16-23-18(13-20(21-9-6-12-34-21)27-24(23)31(2)30-16)25(33)29-26-28-19-10-11-32(15-22(19)35-26)14-17-7-4-3-5-8-17/h3-9,12-13H,10-11,14-15H2,1-2H3,(H,28,29,33). The molecule has 1 aliphatic heterocycles. The molecule has 8 nitrogen and oxygen atoms in total. The van der Waals surface area contributed by atoms with Crippen molar-refractivity contribution in [2.45, 2.75) is 26.4 Å². The van der Waals surface area contributed by atoms with Crippen molar-refractivity contribution in [3.05, 3.63) is 82.2 Å². The number of hydrogen-bond donors (Lipinski definition) is 1. The molecular weight excluding hydrogens is 460 g/mol. The normalized spacial score (nSPS) is 13.8. The molecular formula is C26H24N6O2S. The summed E-state index contributed by atoms with van der Waals surface area (Å²) in [5.74, 6) is 0.372. The molecule has 4 aromatic heterocycles. The predicted molar refractivity (Wildman–Crippen MR) is 135 cm³/mol. The number of hydrogen-bond acceptors (Lipinski definition) is 7. The minimum absolute atomic E-state index is 0.228. The number of rotatable bonds is 5. The highest BCUT2D eigenvalue weighted by atomic mass is 32.1. The zero-order valence-corrected chi connectivity index (χ0v) is 20.3. The summed E-state index contributed by atoms with van der Waals surface area (Å²) in [5.41, 5.74) is 4.85. The molecule has 0 radical (unpaired) electrons. The molecule has 0 bridgehead atoms. The van der Waals surface area contributed by atoms with Crippen molar-refractivity contribution in [3.8, 4) is 11.5 Å². The Bertz CT molecular complexity index is 1520. The van der Waals surface area contributed by atoms with Crippen LogP contribution in [-0.4, -0.2) is 37.1 Å². The highest BCUT2D eigenvalue weighted by Crippen LogP contribution is 2.31. The predicted octanol–water partition coefficient (Wildman–Crippen LogP) is 4.80. The van der Waals surface area contributed by atoms with Crippen molar-refractivity contribution >= 4 is 33.4 Å². The minimum Gasteiger partial charge on any atom is -0.463 e. The van der Waals surface area contributed by atoms with Crippen LogP contribution in [0.25, 0.3) is 22.5 Å². The van der Waals surface area contributed by atoms with Gasteiger partial charge in [-0.1, -0.05) is 30.3 Å². The summed E-state index contributed by atoms with van der Waals surface area (Å²) in [6, 6.07) is 15.9. The molecule has 0 unspecified atom stereocenters. The van der Waals surface area contributed by atoms with E-state index in [0.29, 0.717) is 27.8 Å². The second-order valence-electron chi connectivity index (χ2n) is 8.73. The van der Waals surface area contributed by atoms with Gasteiger partial charge in [0.15, 0.2) is 16.5 Å². The first-order chi connectivity index (χ1) is 17.0.